The number of aromatic nitrogens is 1. The van der Waals surface area contributed by atoms with Crippen LogP contribution in [0.2, 0.25) is 0 Å². The normalized spacial score (nSPS) is 23.8. The molecule has 110 valence electrons. The van der Waals surface area contributed by atoms with Gasteiger partial charge in [0.05, 0.1) is 5.69 Å². The molecule has 0 unspecified atom stereocenters. The third kappa shape index (κ3) is 1.56. The number of aliphatic hydroxyl groups excluding tert-OH is 1. The standard InChI is InChI=1S/C17H19NO3/c1-10(19)14-15(20)13-7-6-12(11-4-5-11)18(13)17(16(14)21)8-2-3-9-17/h6-7,11,20H,2-5,8-9H2,1H3. The van der Waals surface area contributed by atoms with Gasteiger partial charge in [-0.3, -0.25) is 9.59 Å². The van der Waals surface area contributed by atoms with E-state index in [2.05, 4.69) is 4.57 Å². The second-order valence-corrected chi connectivity index (χ2v) is 6.60. The zero-order chi connectivity index (χ0) is 14.8. The molecule has 2 fully saturated rings. The molecular weight excluding hydrogens is 266 g/mol. The SMILES string of the molecule is CC(=O)C1=C(O)c2ccc(C3CC3)n2C2(CCCC2)C1=O. The van der Waals surface area contributed by atoms with Crippen LogP contribution in [-0.2, 0) is 15.1 Å². The van der Waals surface area contributed by atoms with E-state index >= 15 is 0 Å². The Balaban J connectivity index is 2.01. The third-order valence-electron chi connectivity index (χ3n) is 5.25. The molecule has 4 rings (SSSR count). The highest BCUT2D eigenvalue weighted by atomic mass is 16.3. The van der Waals surface area contributed by atoms with Crippen LogP contribution in [0.5, 0.6) is 0 Å². The number of hydrogen-bond donors (Lipinski definition) is 1. The molecule has 2 heterocycles. The van der Waals surface area contributed by atoms with E-state index in [9.17, 15) is 14.7 Å². The van der Waals surface area contributed by atoms with Gasteiger partial charge >= 0.3 is 0 Å². The summed E-state index contributed by atoms with van der Waals surface area (Å²) in [5, 5.41) is 10.4. The van der Waals surface area contributed by atoms with Crippen molar-refractivity contribution in [1.82, 2.24) is 4.57 Å². The highest BCUT2D eigenvalue weighted by Crippen LogP contribution is 2.50. The van der Waals surface area contributed by atoms with Crippen LogP contribution >= 0.6 is 0 Å². The number of aliphatic hydroxyl groups is 1. The van der Waals surface area contributed by atoms with Gasteiger partial charge in [-0.1, -0.05) is 12.8 Å². The number of nitrogens with zero attached hydrogens (tertiary/aromatic N) is 1. The van der Waals surface area contributed by atoms with Crippen LogP contribution in [0, 0.1) is 0 Å². The minimum Gasteiger partial charge on any atom is -0.505 e. The van der Waals surface area contributed by atoms with Crippen LogP contribution in [0.15, 0.2) is 17.7 Å². The van der Waals surface area contributed by atoms with Crippen molar-refractivity contribution in [1.29, 1.82) is 0 Å². The number of carbonyl (C=O) groups is 2. The second-order valence-electron chi connectivity index (χ2n) is 6.60. The third-order valence-corrected chi connectivity index (χ3v) is 5.25. The van der Waals surface area contributed by atoms with Gasteiger partial charge in [-0.15, -0.1) is 0 Å². The molecule has 1 aromatic rings. The fourth-order valence-corrected chi connectivity index (χ4v) is 4.12. The lowest BCUT2D eigenvalue weighted by Crippen LogP contribution is -2.46. The molecule has 0 saturated heterocycles. The van der Waals surface area contributed by atoms with Crippen LogP contribution in [0.1, 0.15) is 62.8 Å². The molecule has 1 spiro atoms. The van der Waals surface area contributed by atoms with Gasteiger partial charge in [-0.05, 0) is 50.7 Å². The summed E-state index contributed by atoms with van der Waals surface area (Å²) in [6.07, 6.45) is 5.85. The largest absolute Gasteiger partial charge is 0.505 e. The van der Waals surface area contributed by atoms with E-state index < -0.39 is 5.54 Å². The molecule has 0 bridgehead atoms. The monoisotopic (exact) mass is 285 g/mol. The number of carbonyl (C=O) groups excluding carboxylic acids is 2. The number of fused-ring (bicyclic) bond motifs is 2. The first kappa shape index (κ1) is 12.9. The molecule has 1 N–H and O–H groups in total. The maximum Gasteiger partial charge on any atom is 0.196 e. The molecule has 0 amide bonds. The molecular formula is C17H19NO3. The Morgan fingerprint density at radius 3 is 2.52 bits per heavy atom. The minimum atomic E-state index is -0.621. The van der Waals surface area contributed by atoms with Crippen LogP contribution < -0.4 is 0 Å². The van der Waals surface area contributed by atoms with Crippen LogP contribution in [0.4, 0.5) is 0 Å². The van der Waals surface area contributed by atoms with Gasteiger partial charge in [0, 0.05) is 5.69 Å². The van der Waals surface area contributed by atoms with E-state index in [4.69, 9.17) is 0 Å². The van der Waals surface area contributed by atoms with E-state index in [0.717, 1.165) is 44.2 Å². The molecule has 1 aliphatic heterocycles. The Morgan fingerprint density at radius 2 is 1.95 bits per heavy atom. The maximum absolute atomic E-state index is 13.0. The molecule has 1 aromatic heterocycles. The van der Waals surface area contributed by atoms with E-state index in [1.807, 2.05) is 12.1 Å². The van der Waals surface area contributed by atoms with E-state index in [1.54, 1.807) is 0 Å². The zero-order valence-electron chi connectivity index (χ0n) is 12.2. The number of rotatable bonds is 2. The number of ketones is 2. The number of hydrogen-bond acceptors (Lipinski definition) is 3. The van der Waals surface area contributed by atoms with Crippen molar-refractivity contribution in [3.63, 3.8) is 0 Å². The fourth-order valence-electron chi connectivity index (χ4n) is 4.12. The lowest BCUT2D eigenvalue weighted by Gasteiger charge is -2.37. The van der Waals surface area contributed by atoms with Gasteiger partial charge in [0.2, 0.25) is 0 Å². The summed E-state index contributed by atoms with van der Waals surface area (Å²) in [7, 11) is 0. The second kappa shape index (κ2) is 4.09. The van der Waals surface area contributed by atoms with Crippen molar-refractivity contribution in [3.8, 4) is 0 Å². The molecule has 4 heteroatoms. The fraction of sp³-hybridized carbons (Fsp3) is 0.529. The van der Waals surface area contributed by atoms with Crippen LogP contribution in [0.25, 0.3) is 5.76 Å². The van der Waals surface area contributed by atoms with Crippen molar-refractivity contribution in [2.24, 2.45) is 0 Å². The summed E-state index contributed by atoms with van der Waals surface area (Å²) in [5.41, 5.74) is 1.20. The molecule has 0 atom stereocenters. The summed E-state index contributed by atoms with van der Waals surface area (Å²) in [4.78, 5) is 24.9. The Hall–Kier alpha value is -1.84. The average molecular weight is 285 g/mol. The predicted octanol–water partition coefficient (Wildman–Crippen LogP) is 3.08. The van der Waals surface area contributed by atoms with Crippen molar-refractivity contribution >= 4 is 17.3 Å². The van der Waals surface area contributed by atoms with Gasteiger partial charge in [-0.2, -0.15) is 0 Å². The highest BCUT2D eigenvalue weighted by Gasteiger charge is 2.51. The van der Waals surface area contributed by atoms with Gasteiger partial charge < -0.3 is 9.67 Å². The van der Waals surface area contributed by atoms with Crippen LogP contribution in [0.3, 0.4) is 0 Å². The predicted molar refractivity (Wildman–Crippen MR) is 78.1 cm³/mol. The Kier molecular flexibility index (Phi) is 2.51. The quantitative estimate of drug-likeness (QED) is 0.849. The van der Waals surface area contributed by atoms with E-state index in [-0.39, 0.29) is 22.9 Å². The lowest BCUT2D eigenvalue weighted by atomic mass is 9.81. The molecule has 2 saturated carbocycles. The van der Waals surface area contributed by atoms with E-state index in [0.29, 0.717) is 11.6 Å². The van der Waals surface area contributed by atoms with Gasteiger partial charge in [-0.25, -0.2) is 0 Å². The molecule has 2 aliphatic carbocycles. The average Bonchev–Trinajstić information content (AvgIpc) is 3.01. The lowest BCUT2D eigenvalue weighted by molar-refractivity contribution is -0.127. The topological polar surface area (TPSA) is 59.3 Å². The Labute approximate surface area is 123 Å². The Bertz CT molecular complexity index is 685. The summed E-state index contributed by atoms with van der Waals surface area (Å²) >= 11 is 0. The summed E-state index contributed by atoms with van der Waals surface area (Å²) in [6, 6.07) is 3.90. The van der Waals surface area contributed by atoms with Crippen molar-refractivity contribution in [3.05, 3.63) is 29.1 Å². The minimum absolute atomic E-state index is 0.00449. The molecule has 3 aliphatic rings. The molecule has 0 aromatic carbocycles. The van der Waals surface area contributed by atoms with Gasteiger partial charge in [0.15, 0.2) is 17.3 Å². The van der Waals surface area contributed by atoms with Crippen molar-refractivity contribution < 1.29 is 14.7 Å². The number of Topliss-reactive ketones (excluding diaryl/α,β-unsaturated/α-hetero) is 2. The molecule has 4 nitrogen and oxygen atoms in total. The van der Waals surface area contributed by atoms with Crippen LogP contribution in [-0.4, -0.2) is 21.2 Å². The van der Waals surface area contributed by atoms with Gasteiger partial charge in [0.1, 0.15) is 11.1 Å². The zero-order valence-corrected chi connectivity index (χ0v) is 12.2. The first-order chi connectivity index (χ1) is 10.1. The Morgan fingerprint density at radius 1 is 1.29 bits per heavy atom. The number of allylic oxidation sites excluding steroid dienone is 1. The van der Waals surface area contributed by atoms with Gasteiger partial charge in [0.25, 0.3) is 0 Å². The summed E-state index contributed by atoms with van der Waals surface area (Å²) in [5.74, 6) is -0.118. The summed E-state index contributed by atoms with van der Waals surface area (Å²) in [6.45, 7) is 1.37. The first-order valence-electron chi connectivity index (χ1n) is 7.78. The smallest absolute Gasteiger partial charge is 0.196 e. The molecule has 0 radical (unpaired) electrons. The first-order valence-corrected chi connectivity index (χ1v) is 7.78. The molecule has 21 heavy (non-hydrogen) atoms. The maximum atomic E-state index is 13.0. The van der Waals surface area contributed by atoms with E-state index in [1.165, 1.54) is 6.92 Å². The highest BCUT2D eigenvalue weighted by molar-refractivity contribution is 6.27. The summed E-state index contributed by atoms with van der Waals surface area (Å²) < 4.78 is 2.07. The van der Waals surface area contributed by atoms with Crippen molar-refractivity contribution in [2.45, 2.75) is 56.9 Å². The van der Waals surface area contributed by atoms with Crippen molar-refractivity contribution in [2.75, 3.05) is 0 Å².